The van der Waals surface area contributed by atoms with Gasteiger partial charge in [-0.15, -0.1) is 0 Å². The van der Waals surface area contributed by atoms with E-state index in [2.05, 4.69) is 35.6 Å². The molecule has 1 saturated heterocycles. The van der Waals surface area contributed by atoms with Crippen LogP contribution in [0.25, 0.3) is 0 Å². The summed E-state index contributed by atoms with van der Waals surface area (Å²) in [6.07, 6.45) is 3.17. The van der Waals surface area contributed by atoms with Gasteiger partial charge in [-0.05, 0) is 51.1 Å². The van der Waals surface area contributed by atoms with Crippen molar-refractivity contribution in [2.75, 3.05) is 19.6 Å². The largest absolute Gasteiger partial charge is 0.313 e. The summed E-state index contributed by atoms with van der Waals surface area (Å²) >= 11 is 0. The number of hydrogen-bond acceptors (Lipinski definition) is 3. The molecule has 0 spiro atoms. The van der Waals surface area contributed by atoms with Crippen LogP contribution in [0.4, 0.5) is 0 Å². The lowest BCUT2D eigenvalue weighted by Crippen LogP contribution is -2.43. The van der Waals surface area contributed by atoms with Gasteiger partial charge in [-0.3, -0.25) is 0 Å². The summed E-state index contributed by atoms with van der Waals surface area (Å²) in [7, 11) is -3.07. The molecule has 1 aliphatic carbocycles. The maximum absolute atomic E-state index is 12.2. The molecule has 0 amide bonds. The van der Waals surface area contributed by atoms with Crippen LogP contribution >= 0.6 is 0 Å². The highest BCUT2D eigenvalue weighted by Crippen LogP contribution is 2.40. The Labute approximate surface area is 140 Å². The molecule has 3 rings (SSSR count). The van der Waals surface area contributed by atoms with Crippen LogP contribution in [0.1, 0.15) is 44.6 Å². The predicted molar refractivity (Wildman–Crippen MR) is 93.9 cm³/mol. The minimum Gasteiger partial charge on any atom is -0.313 e. The minimum atomic E-state index is -3.07. The van der Waals surface area contributed by atoms with Gasteiger partial charge < -0.3 is 5.32 Å². The van der Waals surface area contributed by atoms with Gasteiger partial charge in [0.05, 0.1) is 5.25 Å². The van der Waals surface area contributed by atoms with Crippen molar-refractivity contribution in [1.29, 1.82) is 0 Å². The molecule has 1 aromatic rings. The number of rotatable bonds is 6. The Hall–Kier alpha value is -0.910. The van der Waals surface area contributed by atoms with Gasteiger partial charge in [0.25, 0.3) is 0 Å². The molecule has 128 valence electrons. The second-order valence-corrected chi connectivity index (χ2v) is 9.69. The minimum absolute atomic E-state index is 0.310. The number of piperidine rings is 1. The van der Waals surface area contributed by atoms with Gasteiger partial charge in [0, 0.05) is 25.0 Å². The summed E-state index contributed by atoms with van der Waals surface area (Å²) in [5, 5.41) is 3.37. The fourth-order valence-corrected chi connectivity index (χ4v) is 4.79. The first-order valence-corrected chi connectivity index (χ1v) is 10.3. The molecular weight excluding hydrogens is 308 g/mol. The average Bonchev–Trinajstić information content (AvgIpc) is 3.34. The number of hydrogen-bond donors (Lipinski definition) is 1. The van der Waals surface area contributed by atoms with Crippen LogP contribution < -0.4 is 5.32 Å². The third-order valence-corrected chi connectivity index (χ3v) is 7.49. The van der Waals surface area contributed by atoms with E-state index in [1.807, 2.05) is 0 Å². The van der Waals surface area contributed by atoms with E-state index in [0.29, 0.717) is 31.0 Å². The highest BCUT2D eigenvalue weighted by molar-refractivity contribution is 7.89. The van der Waals surface area contributed by atoms with Crippen molar-refractivity contribution in [3.8, 4) is 0 Å². The first-order valence-electron chi connectivity index (χ1n) is 8.75. The van der Waals surface area contributed by atoms with Crippen molar-refractivity contribution >= 4 is 10.0 Å². The number of benzene rings is 1. The van der Waals surface area contributed by atoms with Crippen LogP contribution in [-0.2, 0) is 10.0 Å². The third kappa shape index (κ3) is 3.95. The quantitative estimate of drug-likeness (QED) is 0.869. The monoisotopic (exact) mass is 336 g/mol. The zero-order valence-electron chi connectivity index (χ0n) is 14.1. The normalized spacial score (nSPS) is 26.6. The highest BCUT2D eigenvalue weighted by atomic mass is 32.2. The molecule has 0 aromatic heterocycles. The molecule has 0 bridgehead atoms. The second kappa shape index (κ2) is 6.91. The van der Waals surface area contributed by atoms with Crippen molar-refractivity contribution < 1.29 is 8.42 Å². The van der Waals surface area contributed by atoms with E-state index in [4.69, 9.17) is 0 Å². The van der Waals surface area contributed by atoms with E-state index in [1.165, 1.54) is 12.0 Å². The molecule has 1 aromatic carbocycles. The molecule has 4 nitrogen and oxygen atoms in total. The summed E-state index contributed by atoms with van der Waals surface area (Å²) in [5.41, 5.74) is 1.43. The summed E-state index contributed by atoms with van der Waals surface area (Å²) in [4.78, 5) is 0. The van der Waals surface area contributed by atoms with Crippen LogP contribution in [0.3, 0.4) is 0 Å². The van der Waals surface area contributed by atoms with E-state index in [-0.39, 0.29) is 5.25 Å². The fraction of sp³-hybridized carbons (Fsp3) is 0.667. The Balaban J connectivity index is 1.41. The predicted octanol–water partition coefficient (Wildman–Crippen LogP) is 2.58. The Morgan fingerprint density at radius 2 is 1.83 bits per heavy atom. The zero-order valence-corrected chi connectivity index (χ0v) is 14.9. The van der Waals surface area contributed by atoms with Gasteiger partial charge >= 0.3 is 0 Å². The molecule has 0 radical (unpaired) electrons. The SMILES string of the molecule is CC(C)S(=O)(=O)N1CCC(CNC2CC2c2ccccc2)CC1. The molecule has 1 aliphatic heterocycles. The topological polar surface area (TPSA) is 49.4 Å². The summed E-state index contributed by atoms with van der Waals surface area (Å²) in [5.74, 6) is 1.27. The molecule has 5 heteroatoms. The van der Waals surface area contributed by atoms with Crippen molar-refractivity contribution in [1.82, 2.24) is 9.62 Å². The molecule has 1 heterocycles. The summed E-state index contributed by atoms with van der Waals surface area (Å²) < 4.78 is 26.0. The first kappa shape index (κ1) is 16.9. The smallest absolute Gasteiger partial charge is 0.216 e. The number of nitrogens with one attached hydrogen (secondary N) is 1. The van der Waals surface area contributed by atoms with Gasteiger partial charge in [-0.2, -0.15) is 0 Å². The van der Waals surface area contributed by atoms with Crippen molar-refractivity contribution in [3.05, 3.63) is 35.9 Å². The lowest BCUT2D eigenvalue weighted by atomic mass is 9.98. The first-order chi connectivity index (χ1) is 11.0. The van der Waals surface area contributed by atoms with E-state index in [9.17, 15) is 8.42 Å². The standard InChI is InChI=1S/C18H28N2O2S/c1-14(2)23(21,22)20-10-8-15(9-11-20)13-19-18-12-17(18)16-6-4-3-5-7-16/h3-7,14-15,17-19H,8-13H2,1-2H3. The summed E-state index contributed by atoms with van der Waals surface area (Å²) in [6.45, 7) is 5.91. The lowest BCUT2D eigenvalue weighted by molar-refractivity contribution is 0.265. The fourth-order valence-electron chi connectivity index (χ4n) is 3.47. The van der Waals surface area contributed by atoms with Crippen LogP contribution in [-0.4, -0.2) is 43.6 Å². The van der Waals surface area contributed by atoms with Crippen molar-refractivity contribution in [2.24, 2.45) is 5.92 Å². The van der Waals surface area contributed by atoms with Crippen molar-refractivity contribution in [3.63, 3.8) is 0 Å². The van der Waals surface area contributed by atoms with Crippen LogP contribution in [0.2, 0.25) is 0 Å². The Morgan fingerprint density at radius 1 is 1.17 bits per heavy atom. The molecule has 23 heavy (non-hydrogen) atoms. The Morgan fingerprint density at radius 3 is 2.43 bits per heavy atom. The van der Waals surface area contributed by atoms with Crippen LogP contribution in [0.15, 0.2) is 30.3 Å². The average molecular weight is 337 g/mol. The maximum atomic E-state index is 12.2. The maximum Gasteiger partial charge on any atom is 0.216 e. The van der Waals surface area contributed by atoms with Gasteiger partial charge in [-0.1, -0.05) is 30.3 Å². The van der Waals surface area contributed by atoms with E-state index >= 15 is 0 Å². The highest BCUT2D eigenvalue weighted by Gasteiger charge is 2.38. The van der Waals surface area contributed by atoms with E-state index in [0.717, 1.165) is 19.4 Å². The lowest BCUT2D eigenvalue weighted by Gasteiger charge is -2.32. The van der Waals surface area contributed by atoms with E-state index < -0.39 is 10.0 Å². The van der Waals surface area contributed by atoms with Gasteiger partial charge in [0.2, 0.25) is 10.0 Å². The molecule has 1 saturated carbocycles. The Kier molecular flexibility index (Phi) is 5.09. The molecule has 2 fully saturated rings. The number of nitrogens with zero attached hydrogens (tertiary/aromatic N) is 1. The molecular formula is C18H28N2O2S. The Bertz CT molecular complexity index is 607. The summed E-state index contributed by atoms with van der Waals surface area (Å²) in [6, 6.07) is 11.3. The van der Waals surface area contributed by atoms with Gasteiger partial charge in [0.15, 0.2) is 0 Å². The molecule has 2 atom stereocenters. The zero-order chi connectivity index (χ0) is 16.4. The van der Waals surface area contributed by atoms with Gasteiger partial charge in [0.1, 0.15) is 0 Å². The molecule has 1 N–H and O–H groups in total. The molecule has 2 aliphatic rings. The van der Waals surface area contributed by atoms with E-state index in [1.54, 1.807) is 18.2 Å². The second-order valence-electron chi connectivity index (χ2n) is 7.20. The molecule has 2 unspecified atom stereocenters. The van der Waals surface area contributed by atoms with Gasteiger partial charge in [-0.25, -0.2) is 12.7 Å². The van der Waals surface area contributed by atoms with Crippen molar-refractivity contribution in [2.45, 2.75) is 50.3 Å². The third-order valence-electron chi connectivity index (χ3n) is 5.22. The van der Waals surface area contributed by atoms with Crippen LogP contribution in [0.5, 0.6) is 0 Å². The van der Waals surface area contributed by atoms with Crippen LogP contribution in [0, 0.1) is 5.92 Å². The number of sulfonamides is 1.